The second-order valence-corrected chi connectivity index (χ2v) is 14.7. The van der Waals surface area contributed by atoms with Crippen molar-refractivity contribution in [2.24, 2.45) is 0 Å². The number of rotatable bonds is 36. The normalized spacial score (nSPS) is 21.2. The van der Waals surface area contributed by atoms with Crippen LogP contribution in [0.1, 0.15) is 142 Å². The summed E-state index contributed by atoms with van der Waals surface area (Å²) in [7, 11) is 0. The molecule has 1 rings (SSSR count). The zero-order valence-corrected chi connectivity index (χ0v) is 36.0. The first-order chi connectivity index (χ1) is 28.4. The molecular formula is C49H80O9. The van der Waals surface area contributed by atoms with Crippen LogP contribution in [0, 0.1) is 0 Å². The van der Waals surface area contributed by atoms with Gasteiger partial charge in [-0.05, 0) is 83.5 Å². The molecule has 58 heavy (non-hydrogen) atoms. The first kappa shape index (κ1) is 53.1. The number of aliphatic hydroxyl groups is 4. The van der Waals surface area contributed by atoms with Gasteiger partial charge >= 0.3 is 5.97 Å². The number of carbonyl (C=O) groups excluding carboxylic acids is 1. The van der Waals surface area contributed by atoms with E-state index in [4.69, 9.17) is 18.9 Å². The molecule has 0 bridgehead atoms. The lowest BCUT2D eigenvalue weighted by Gasteiger charge is -2.39. The van der Waals surface area contributed by atoms with E-state index in [1.54, 1.807) is 0 Å². The first-order valence-corrected chi connectivity index (χ1v) is 22.3. The largest absolute Gasteiger partial charge is 0.457 e. The highest BCUT2D eigenvalue weighted by Gasteiger charge is 2.44. The molecule has 0 amide bonds. The molecule has 0 aromatic carbocycles. The third-order valence-corrected chi connectivity index (χ3v) is 9.50. The second kappa shape index (κ2) is 39.6. The van der Waals surface area contributed by atoms with Crippen LogP contribution in [0.15, 0.2) is 97.2 Å². The molecule has 9 nitrogen and oxygen atoms in total. The van der Waals surface area contributed by atoms with Gasteiger partial charge in [-0.1, -0.05) is 150 Å². The zero-order valence-electron chi connectivity index (χ0n) is 36.0. The Bertz CT molecular complexity index is 1200. The number of carbonyl (C=O) groups is 1. The standard InChI is InChI=1S/C49H80O9/c1-3-5-7-9-11-13-15-17-19-21-23-25-27-29-31-33-35-37-39-55-41-43(42-56-49-48(54)47(53)46(52)44(40-50)58-49)57-45(51)38-36-34-32-30-28-26-24-22-20-18-16-14-12-10-8-6-4-2/h5-8,11-14,17-20,24,26,30,32,43-44,46-50,52-54H,3-4,9-10,15-16,21-23,25,27-29,31,33-42H2,1-2H3/b7-5-,8-6-,13-11-,14-12-,19-17-,20-18-,26-24-,32-30-. The SMILES string of the molecule is CC/C=C\C/C=C\C/C=C\C/C=C\C/C=C\CCCC(=O)OC(COCCCCCCCCCC/C=C\C/C=C\C/C=C\CC)COC1OC(CO)C(O)C(O)C1O. The van der Waals surface area contributed by atoms with E-state index in [-0.39, 0.29) is 25.6 Å². The molecular weight excluding hydrogens is 733 g/mol. The van der Waals surface area contributed by atoms with Crippen molar-refractivity contribution >= 4 is 5.97 Å². The number of allylic oxidation sites excluding steroid dienone is 16. The van der Waals surface area contributed by atoms with Crippen LogP contribution in [-0.2, 0) is 23.7 Å². The molecule has 0 aromatic heterocycles. The van der Waals surface area contributed by atoms with E-state index in [2.05, 4.69) is 111 Å². The number of unbranched alkanes of at least 4 members (excludes halogenated alkanes) is 9. The number of ether oxygens (including phenoxy) is 4. The van der Waals surface area contributed by atoms with Gasteiger partial charge in [0, 0.05) is 13.0 Å². The van der Waals surface area contributed by atoms with E-state index < -0.39 is 43.4 Å². The third kappa shape index (κ3) is 30.2. The van der Waals surface area contributed by atoms with Crippen molar-refractivity contribution < 1.29 is 44.2 Å². The van der Waals surface area contributed by atoms with Crippen LogP contribution in [0.2, 0.25) is 0 Å². The van der Waals surface area contributed by atoms with Crippen molar-refractivity contribution in [3.63, 3.8) is 0 Å². The Kier molecular flexibility index (Phi) is 36.2. The van der Waals surface area contributed by atoms with Crippen LogP contribution in [0.4, 0.5) is 0 Å². The Morgan fingerprint density at radius 3 is 1.50 bits per heavy atom. The highest BCUT2D eigenvalue weighted by Crippen LogP contribution is 2.22. The summed E-state index contributed by atoms with van der Waals surface area (Å²) in [5, 5.41) is 40.1. The molecule has 0 spiro atoms. The van der Waals surface area contributed by atoms with Crippen LogP contribution in [0.25, 0.3) is 0 Å². The summed E-state index contributed by atoms with van der Waals surface area (Å²) in [4.78, 5) is 12.8. The van der Waals surface area contributed by atoms with E-state index in [0.717, 1.165) is 83.5 Å². The van der Waals surface area contributed by atoms with Crippen molar-refractivity contribution in [1.82, 2.24) is 0 Å². The van der Waals surface area contributed by atoms with E-state index in [1.165, 1.54) is 32.1 Å². The van der Waals surface area contributed by atoms with Crippen LogP contribution < -0.4 is 0 Å². The molecule has 1 saturated heterocycles. The van der Waals surface area contributed by atoms with Gasteiger partial charge in [0.1, 0.15) is 30.5 Å². The topological polar surface area (TPSA) is 135 Å². The van der Waals surface area contributed by atoms with Crippen molar-refractivity contribution in [3.05, 3.63) is 97.2 Å². The summed E-state index contributed by atoms with van der Waals surface area (Å²) < 4.78 is 22.7. The minimum Gasteiger partial charge on any atom is -0.457 e. The summed E-state index contributed by atoms with van der Waals surface area (Å²) in [6.07, 6.45) is 47.2. The molecule has 0 saturated carbocycles. The maximum atomic E-state index is 12.8. The molecule has 0 radical (unpaired) electrons. The highest BCUT2D eigenvalue weighted by atomic mass is 16.7. The van der Waals surface area contributed by atoms with E-state index in [1.807, 2.05) is 0 Å². The maximum absolute atomic E-state index is 12.8. The smallest absolute Gasteiger partial charge is 0.306 e. The van der Waals surface area contributed by atoms with Crippen LogP contribution in [0.3, 0.4) is 0 Å². The fraction of sp³-hybridized carbons (Fsp3) is 0.653. The molecule has 1 heterocycles. The van der Waals surface area contributed by atoms with Crippen molar-refractivity contribution in [1.29, 1.82) is 0 Å². The van der Waals surface area contributed by atoms with E-state index >= 15 is 0 Å². The van der Waals surface area contributed by atoms with E-state index in [9.17, 15) is 25.2 Å². The van der Waals surface area contributed by atoms with Gasteiger partial charge < -0.3 is 39.4 Å². The molecule has 9 heteroatoms. The molecule has 6 unspecified atom stereocenters. The Hall–Kier alpha value is -2.89. The average Bonchev–Trinajstić information content (AvgIpc) is 3.22. The fourth-order valence-electron chi connectivity index (χ4n) is 6.07. The van der Waals surface area contributed by atoms with Crippen LogP contribution in [-0.4, -0.2) is 89.6 Å². The minimum absolute atomic E-state index is 0.110. The fourth-order valence-corrected chi connectivity index (χ4v) is 6.07. The molecule has 1 fully saturated rings. The van der Waals surface area contributed by atoms with Crippen LogP contribution >= 0.6 is 0 Å². The van der Waals surface area contributed by atoms with Gasteiger partial charge in [-0.25, -0.2) is 0 Å². The van der Waals surface area contributed by atoms with Crippen LogP contribution in [0.5, 0.6) is 0 Å². The van der Waals surface area contributed by atoms with Crippen molar-refractivity contribution in [3.8, 4) is 0 Å². The Balaban J connectivity index is 2.33. The lowest BCUT2D eigenvalue weighted by atomic mass is 9.99. The van der Waals surface area contributed by atoms with Gasteiger partial charge in [0.2, 0.25) is 0 Å². The molecule has 1 aliphatic rings. The first-order valence-electron chi connectivity index (χ1n) is 22.3. The lowest BCUT2D eigenvalue weighted by molar-refractivity contribution is -0.305. The summed E-state index contributed by atoms with van der Waals surface area (Å²) in [6, 6.07) is 0. The minimum atomic E-state index is -1.55. The summed E-state index contributed by atoms with van der Waals surface area (Å²) >= 11 is 0. The molecule has 0 aromatic rings. The third-order valence-electron chi connectivity index (χ3n) is 9.50. The lowest BCUT2D eigenvalue weighted by Crippen LogP contribution is -2.59. The monoisotopic (exact) mass is 813 g/mol. The van der Waals surface area contributed by atoms with Gasteiger partial charge in [0.15, 0.2) is 6.29 Å². The number of aliphatic hydroxyl groups excluding tert-OH is 4. The Morgan fingerprint density at radius 1 is 0.552 bits per heavy atom. The molecule has 0 aliphatic carbocycles. The van der Waals surface area contributed by atoms with Crippen molar-refractivity contribution in [2.45, 2.75) is 179 Å². The van der Waals surface area contributed by atoms with Gasteiger partial charge in [0.05, 0.1) is 19.8 Å². The quantitative estimate of drug-likeness (QED) is 0.0277. The Morgan fingerprint density at radius 2 is 1.00 bits per heavy atom. The summed E-state index contributed by atoms with van der Waals surface area (Å²) in [5.41, 5.74) is 0. The predicted molar refractivity (Wildman–Crippen MR) is 237 cm³/mol. The number of esters is 1. The van der Waals surface area contributed by atoms with Gasteiger partial charge in [-0.15, -0.1) is 0 Å². The highest BCUT2D eigenvalue weighted by molar-refractivity contribution is 5.69. The predicted octanol–water partition coefficient (Wildman–Crippen LogP) is 10.0. The zero-order chi connectivity index (χ0) is 42.2. The van der Waals surface area contributed by atoms with Crippen molar-refractivity contribution in [2.75, 3.05) is 26.4 Å². The molecule has 1 aliphatic heterocycles. The summed E-state index contributed by atoms with van der Waals surface area (Å²) in [5.74, 6) is -0.377. The van der Waals surface area contributed by atoms with E-state index in [0.29, 0.717) is 13.0 Å². The molecule has 330 valence electrons. The second-order valence-electron chi connectivity index (χ2n) is 14.7. The Labute approximate surface area is 352 Å². The maximum Gasteiger partial charge on any atom is 0.306 e. The number of hydrogen-bond donors (Lipinski definition) is 4. The number of hydrogen-bond acceptors (Lipinski definition) is 9. The molecule has 4 N–H and O–H groups in total. The summed E-state index contributed by atoms with van der Waals surface area (Å²) in [6.45, 7) is 4.22. The van der Waals surface area contributed by atoms with Gasteiger partial charge in [-0.2, -0.15) is 0 Å². The molecule has 6 atom stereocenters. The van der Waals surface area contributed by atoms with Gasteiger partial charge in [-0.3, -0.25) is 4.79 Å². The average molecular weight is 813 g/mol. The van der Waals surface area contributed by atoms with Gasteiger partial charge in [0.25, 0.3) is 0 Å².